The number of carbonyl (C=O) groups excluding carboxylic acids is 1. The first kappa shape index (κ1) is 26.9. The minimum absolute atomic E-state index is 0.104. The van der Waals surface area contributed by atoms with Gasteiger partial charge in [-0.15, -0.1) is 0 Å². The van der Waals surface area contributed by atoms with Gasteiger partial charge in [0.15, 0.2) is 23.9 Å². The molecular formula is C22H28FN6O7P. The largest absolute Gasteiger partial charge is 0.462 e. The number of alkyl halides is 1. The molecule has 1 aliphatic rings. The van der Waals surface area contributed by atoms with Gasteiger partial charge in [-0.1, -0.05) is 18.2 Å². The number of imidazole rings is 1. The van der Waals surface area contributed by atoms with E-state index >= 15 is 4.39 Å². The van der Waals surface area contributed by atoms with Crippen molar-refractivity contribution in [3.05, 3.63) is 43.0 Å². The number of aliphatic hydroxyl groups is 1. The summed E-state index contributed by atoms with van der Waals surface area (Å²) in [4.78, 5) is 24.3. The van der Waals surface area contributed by atoms with Crippen molar-refractivity contribution >= 4 is 30.7 Å². The summed E-state index contributed by atoms with van der Waals surface area (Å²) < 4.78 is 51.9. The maximum absolute atomic E-state index is 15.1. The second-order valence-corrected chi connectivity index (χ2v) is 10.3. The van der Waals surface area contributed by atoms with Gasteiger partial charge in [0.05, 0.1) is 19.0 Å². The van der Waals surface area contributed by atoms with Crippen LogP contribution >= 0.6 is 7.75 Å². The van der Waals surface area contributed by atoms with Crippen molar-refractivity contribution in [3.8, 4) is 5.75 Å². The molecule has 15 heteroatoms. The van der Waals surface area contributed by atoms with Crippen LogP contribution in [0.25, 0.3) is 11.2 Å². The summed E-state index contributed by atoms with van der Waals surface area (Å²) in [5.74, 6) is -0.378. The normalized spacial score (nSPS) is 24.2. The SMILES string of the molecule is CC(C)OC(=O)[C@H](C)NP(=O)(OCC1OC(n2cnc3c(N)ncnc32)C(F)C1O)Oc1ccccc1. The molecule has 0 radical (unpaired) electrons. The quantitative estimate of drug-likeness (QED) is 0.254. The number of fused-ring (bicyclic) bond motifs is 1. The smallest absolute Gasteiger partial charge is 0.459 e. The number of para-hydroxylation sites is 1. The van der Waals surface area contributed by atoms with Gasteiger partial charge in [-0.25, -0.2) is 23.9 Å². The van der Waals surface area contributed by atoms with Crippen molar-refractivity contribution in [1.29, 1.82) is 0 Å². The van der Waals surface area contributed by atoms with Crippen LogP contribution in [-0.4, -0.2) is 67.7 Å². The molecule has 1 fully saturated rings. The summed E-state index contributed by atoms with van der Waals surface area (Å²) in [5, 5.41) is 13.0. The van der Waals surface area contributed by atoms with Crippen molar-refractivity contribution in [2.45, 2.75) is 57.5 Å². The fourth-order valence-electron chi connectivity index (χ4n) is 3.63. The Kier molecular flexibility index (Phi) is 8.05. The van der Waals surface area contributed by atoms with E-state index in [1.807, 2.05) is 0 Å². The van der Waals surface area contributed by atoms with E-state index in [1.165, 1.54) is 24.1 Å². The average Bonchev–Trinajstić information content (AvgIpc) is 3.40. The zero-order valence-electron chi connectivity index (χ0n) is 20.3. The molecule has 4 N–H and O–H groups in total. The molecule has 1 saturated heterocycles. The Bertz CT molecular complexity index is 1280. The van der Waals surface area contributed by atoms with E-state index in [4.69, 9.17) is 24.3 Å². The number of nitrogen functional groups attached to an aromatic ring is 1. The lowest BCUT2D eigenvalue weighted by Crippen LogP contribution is -2.37. The van der Waals surface area contributed by atoms with E-state index in [0.717, 1.165) is 0 Å². The lowest BCUT2D eigenvalue weighted by atomic mass is 10.1. The highest BCUT2D eigenvalue weighted by atomic mass is 31.2. The number of hydrogen-bond acceptors (Lipinski definition) is 11. The fraction of sp³-hybridized carbons (Fsp3) is 0.455. The standard InChI is InChI=1S/C22H28FN6O7P/c1-12(2)34-22(31)13(3)28-37(32,36-14-7-5-4-6-8-14)33-9-15-18(30)16(23)21(35-15)29-11-27-17-19(24)25-10-26-20(17)29/h4-8,10-13,15-16,18,21,30H,9H2,1-3H3,(H,28,32)(H2,24,25,26)/t13-,15?,16?,18?,21?,37?/m0/s1. The van der Waals surface area contributed by atoms with Crippen molar-refractivity contribution in [3.63, 3.8) is 0 Å². The van der Waals surface area contributed by atoms with Crippen LogP contribution in [0.1, 0.15) is 27.0 Å². The fourth-order valence-corrected chi connectivity index (χ4v) is 5.13. The molecule has 0 spiro atoms. The van der Waals surface area contributed by atoms with Crippen LogP contribution in [0.3, 0.4) is 0 Å². The molecule has 13 nitrogen and oxygen atoms in total. The van der Waals surface area contributed by atoms with Gasteiger partial charge in [-0.2, -0.15) is 5.09 Å². The first-order chi connectivity index (χ1) is 17.6. The minimum Gasteiger partial charge on any atom is -0.462 e. The first-order valence-corrected chi connectivity index (χ1v) is 13.0. The molecule has 1 aliphatic heterocycles. The van der Waals surface area contributed by atoms with Crippen molar-refractivity contribution < 1.29 is 37.4 Å². The predicted octanol–water partition coefficient (Wildman–Crippen LogP) is 2.14. The molecule has 1 aromatic carbocycles. The van der Waals surface area contributed by atoms with Gasteiger partial charge in [0.25, 0.3) is 0 Å². The number of nitrogens with zero attached hydrogens (tertiary/aromatic N) is 4. The lowest BCUT2D eigenvalue weighted by molar-refractivity contribution is -0.149. The number of esters is 1. The number of rotatable bonds is 10. The number of nitrogens with two attached hydrogens (primary N) is 1. The van der Waals surface area contributed by atoms with Gasteiger partial charge in [0.1, 0.15) is 35.8 Å². The summed E-state index contributed by atoms with van der Waals surface area (Å²) in [6.07, 6.45) is -4.03. The second kappa shape index (κ2) is 11.1. The molecule has 37 heavy (non-hydrogen) atoms. The van der Waals surface area contributed by atoms with E-state index in [1.54, 1.807) is 44.2 Å². The van der Waals surface area contributed by atoms with Crippen LogP contribution < -0.4 is 15.3 Å². The van der Waals surface area contributed by atoms with Crippen molar-refractivity contribution in [2.75, 3.05) is 12.3 Å². The summed E-state index contributed by atoms with van der Waals surface area (Å²) in [7, 11) is -4.24. The lowest BCUT2D eigenvalue weighted by Gasteiger charge is -2.25. The molecule has 6 atom stereocenters. The Morgan fingerprint density at radius 1 is 1.27 bits per heavy atom. The Hall–Kier alpha value is -3.16. The zero-order chi connectivity index (χ0) is 26.7. The van der Waals surface area contributed by atoms with Gasteiger partial charge in [0.2, 0.25) is 0 Å². The maximum atomic E-state index is 15.1. The zero-order valence-corrected chi connectivity index (χ0v) is 21.2. The number of ether oxygens (including phenoxy) is 2. The minimum atomic E-state index is -4.24. The molecule has 200 valence electrons. The van der Waals surface area contributed by atoms with Crippen molar-refractivity contribution in [2.24, 2.45) is 0 Å². The Morgan fingerprint density at radius 2 is 2.00 bits per heavy atom. The average molecular weight is 538 g/mol. The Morgan fingerprint density at radius 3 is 2.70 bits per heavy atom. The summed E-state index contributed by atoms with van der Waals surface area (Å²) in [6.45, 7) is 4.24. The van der Waals surface area contributed by atoms with Crippen LogP contribution in [0.15, 0.2) is 43.0 Å². The van der Waals surface area contributed by atoms with E-state index in [-0.39, 0.29) is 22.7 Å². The molecule has 0 aliphatic carbocycles. The van der Waals surface area contributed by atoms with E-state index in [9.17, 15) is 14.5 Å². The van der Waals surface area contributed by atoms with Gasteiger partial charge in [-0.05, 0) is 32.9 Å². The molecular weight excluding hydrogens is 510 g/mol. The highest BCUT2D eigenvalue weighted by Gasteiger charge is 2.47. The van der Waals surface area contributed by atoms with Crippen LogP contribution in [0.4, 0.5) is 10.2 Å². The van der Waals surface area contributed by atoms with Crippen LogP contribution in [0.5, 0.6) is 5.75 Å². The van der Waals surface area contributed by atoms with Crippen LogP contribution in [0.2, 0.25) is 0 Å². The molecule has 3 heterocycles. The van der Waals surface area contributed by atoms with Crippen LogP contribution in [0, 0.1) is 0 Å². The summed E-state index contributed by atoms with van der Waals surface area (Å²) in [5.41, 5.74) is 6.25. The third-order valence-corrected chi connectivity index (χ3v) is 7.03. The third kappa shape index (κ3) is 6.05. The van der Waals surface area contributed by atoms with E-state index in [0.29, 0.717) is 0 Å². The molecule has 3 aromatic rings. The number of benzene rings is 1. The third-order valence-electron chi connectivity index (χ3n) is 5.39. The monoisotopic (exact) mass is 538 g/mol. The number of halogens is 1. The van der Waals surface area contributed by atoms with Crippen molar-refractivity contribution in [1.82, 2.24) is 24.6 Å². The molecule has 0 saturated carbocycles. The highest BCUT2D eigenvalue weighted by Crippen LogP contribution is 2.46. The number of aromatic nitrogens is 4. The Balaban J connectivity index is 1.50. The van der Waals surface area contributed by atoms with Gasteiger partial charge in [-0.3, -0.25) is 13.9 Å². The predicted molar refractivity (Wildman–Crippen MR) is 129 cm³/mol. The Labute approximate surface area is 211 Å². The second-order valence-electron chi connectivity index (χ2n) is 8.62. The van der Waals surface area contributed by atoms with Gasteiger partial charge in [0, 0.05) is 0 Å². The number of hydrogen-bond donors (Lipinski definition) is 3. The molecule has 4 rings (SSSR count). The molecule has 0 amide bonds. The first-order valence-electron chi connectivity index (χ1n) is 11.5. The molecule has 0 bridgehead atoms. The number of aliphatic hydroxyl groups excluding tert-OH is 1. The maximum Gasteiger partial charge on any atom is 0.459 e. The van der Waals surface area contributed by atoms with E-state index < -0.39 is 57.1 Å². The van der Waals surface area contributed by atoms with Gasteiger partial charge < -0.3 is 24.8 Å². The number of nitrogens with one attached hydrogen (secondary N) is 1. The molecule has 5 unspecified atom stereocenters. The number of anilines is 1. The van der Waals surface area contributed by atoms with Crippen LogP contribution in [-0.2, 0) is 23.4 Å². The number of carbonyl (C=O) groups is 1. The highest BCUT2D eigenvalue weighted by molar-refractivity contribution is 7.52. The van der Waals surface area contributed by atoms with E-state index in [2.05, 4.69) is 20.0 Å². The summed E-state index contributed by atoms with van der Waals surface area (Å²) >= 11 is 0. The summed E-state index contributed by atoms with van der Waals surface area (Å²) in [6, 6.07) is 7.06. The van der Waals surface area contributed by atoms with Gasteiger partial charge >= 0.3 is 13.7 Å². The topological polar surface area (TPSA) is 173 Å². The molecule has 2 aromatic heterocycles.